The molecule has 2 aliphatic carbocycles. The Hall–Kier alpha value is -1.49. The third kappa shape index (κ3) is 8.22. The number of allylic oxidation sites excluding steroid dienone is 2. The molecule has 0 radical (unpaired) electrons. The zero-order chi connectivity index (χ0) is 30.9. The summed E-state index contributed by atoms with van der Waals surface area (Å²) in [5.41, 5.74) is 4.11. The molecule has 0 aromatic heterocycles. The Morgan fingerprint density at radius 2 is 1.72 bits per heavy atom. The standard InChI is InChI=1S/C39H62FNO2/c1-8-13-27(6)39-37-20-19-34-33-18-16-30(40)25-29(33)15-17-35(34)36(37)22-24-41(39)23-21-31(12-5)43-38(28(10-3)11-4)26-32(42-7)14-9-2/h15-18,20,25,27-28,31-32,34-36,38-39H,8-14,19,21-24,26H2,1-7H3. The first-order chi connectivity index (χ1) is 20.9. The van der Waals surface area contributed by atoms with Gasteiger partial charge in [-0.25, -0.2) is 4.39 Å². The Morgan fingerprint density at radius 1 is 0.953 bits per heavy atom. The Morgan fingerprint density at radius 3 is 2.40 bits per heavy atom. The number of nitrogens with zero attached hydrogens (tertiary/aromatic N) is 1. The van der Waals surface area contributed by atoms with E-state index in [1.54, 1.807) is 17.7 Å². The summed E-state index contributed by atoms with van der Waals surface area (Å²) in [6, 6.07) is 5.93. The Kier molecular flexibility index (Phi) is 13.4. The van der Waals surface area contributed by atoms with Crippen LogP contribution in [0.25, 0.3) is 6.08 Å². The number of piperidine rings is 1. The molecule has 8 unspecified atom stereocenters. The number of likely N-dealkylation sites (tertiary alicyclic amines) is 1. The molecule has 3 nitrogen and oxygen atoms in total. The summed E-state index contributed by atoms with van der Waals surface area (Å²) >= 11 is 0. The number of hydrogen-bond donors (Lipinski definition) is 0. The minimum atomic E-state index is -0.129. The number of hydrogen-bond acceptors (Lipinski definition) is 3. The number of ether oxygens (including phenoxy) is 2. The quantitative estimate of drug-likeness (QED) is 0.167. The topological polar surface area (TPSA) is 21.7 Å². The van der Waals surface area contributed by atoms with Crippen molar-refractivity contribution in [3.05, 3.63) is 52.9 Å². The van der Waals surface area contributed by atoms with Gasteiger partial charge in [0, 0.05) is 26.1 Å². The summed E-state index contributed by atoms with van der Waals surface area (Å²) in [5.74, 6) is 2.69. The van der Waals surface area contributed by atoms with E-state index >= 15 is 0 Å². The van der Waals surface area contributed by atoms with Gasteiger partial charge in [0.15, 0.2) is 0 Å². The van der Waals surface area contributed by atoms with Gasteiger partial charge in [-0.15, -0.1) is 0 Å². The Labute approximate surface area is 263 Å². The van der Waals surface area contributed by atoms with Gasteiger partial charge in [0.05, 0.1) is 18.3 Å². The second-order valence-corrected chi connectivity index (χ2v) is 13.9. The molecule has 1 fully saturated rings. The molecule has 1 aromatic carbocycles. The second-order valence-electron chi connectivity index (χ2n) is 13.9. The minimum absolute atomic E-state index is 0.129. The van der Waals surface area contributed by atoms with Crippen LogP contribution in [0, 0.1) is 29.5 Å². The van der Waals surface area contributed by atoms with Crippen molar-refractivity contribution < 1.29 is 13.9 Å². The average Bonchev–Trinajstić information content (AvgIpc) is 3.02. The lowest BCUT2D eigenvalue weighted by Gasteiger charge is -2.51. The highest BCUT2D eigenvalue weighted by atomic mass is 19.1. The lowest BCUT2D eigenvalue weighted by Crippen LogP contribution is -2.51. The summed E-state index contributed by atoms with van der Waals surface area (Å²) in [7, 11) is 1.87. The second kappa shape index (κ2) is 16.7. The highest BCUT2D eigenvalue weighted by Gasteiger charge is 2.44. The summed E-state index contributed by atoms with van der Waals surface area (Å²) in [6.07, 6.45) is 20.6. The van der Waals surface area contributed by atoms with E-state index in [9.17, 15) is 4.39 Å². The molecule has 1 aliphatic heterocycles. The summed E-state index contributed by atoms with van der Waals surface area (Å²) in [4.78, 5) is 2.83. The van der Waals surface area contributed by atoms with E-state index in [1.807, 2.05) is 13.2 Å². The molecule has 1 aromatic rings. The Balaban J connectivity index is 1.49. The van der Waals surface area contributed by atoms with E-state index in [-0.39, 0.29) is 24.1 Å². The van der Waals surface area contributed by atoms with Crippen molar-refractivity contribution in [1.82, 2.24) is 4.90 Å². The van der Waals surface area contributed by atoms with Crippen molar-refractivity contribution in [2.75, 3.05) is 20.2 Å². The third-order valence-electron chi connectivity index (χ3n) is 11.2. The number of halogens is 1. The van der Waals surface area contributed by atoms with Crippen molar-refractivity contribution in [2.45, 2.75) is 142 Å². The fraction of sp³-hybridized carbons (Fsp3) is 0.744. The zero-order valence-electron chi connectivity index (χ0n) is 28.5. The molecule has 8 atom stereocenters. The number of rotatable bonds is 17. The van der Waals surface area contributed by atoms with Crippen molar-refractivity contribution in [1.29, 1.82) is 0 Å². The monoisotopic (exact) mass is 595 g/mol. The van der Waals surface area contributed by atoms with Gasteiger partial charge in [-0.3, -0.25) is 4.90 Å². The van der Waals surface area contributed by atoms with E-state index in [0.717, 1.165) is 70.0 Å². The van der Waals surface area contributed by atoms with E-state index in [1.165, 1.54) is 24.8 Å². The fourth-order valence-corrected chi connectivity index (χ4v) is 8.84. The van der Waals surface area contributed by atoms with Gasteiger partial charge in [0.25, 0.3) is 0 Å². The fourth-order valence-electron chi connectivity index (χ4n) is 8.84. The number of methoxy groups -OCH3 is 1. The minimum Gasteiger partial charge on any atom is -0.381 e. The maximum atomic E-state index is 14.0. The van der Waals surface area contributed by atoms with Crippen LogP contribution in [0.2, 0.25) is 0 Å². The maximum Gasteiger partial charge on any atom is 0.123 e. The Bertz CT molecular complexity index is 1050. The first kappa shape index (κ1) is 34.4. The van der Waals surface area contributed by atoms with E-state index in [2.05, 4.69) is 64.7 Å². The molecule has 43 heavy (non-hydrogen) atoms. The predicted molar refractivity (Wildman–Crippen MR) is 180 cm³/mol. The summed E-state index contributed by atoms with van der Waals surface area (Å²) < 4.78 is 26.9. The van der Waals surface area contributed by atoms with E-state index in [0.29, 0.717) is 35.6 Å². The molecule has 0 saturated carbocycles. The maximum absolute atomic E-state index is 14.0. The van der Waals surface area contributed by atoms with Crippen LogP contribution in [0.15, 0.2) is 35.9 Å². The van der Waals surface area contributed by atoms with Gasteiger partial charge in [0.1, 0.15) is 5.82 Å². The van der Waals surface area contributed by atoms with Gasteiger partial charge in [-0.2, -0.15) is 0 Å². The van der Waals surface area contributed by atoms with Crippen LogP contribution in [-0.2, 0) is 9.47 Å². The lowest BCUT2D eigenvalue weighted by molar-refractivity contribution is -0.0795. The van der Waals surface area contributed by atoms with Gasteiger partial charge in [0.2, 0.25) is 0 Å². The molecule has 0 N–H and O–H groups in total. The van der Waals surface area contributed by atoms with Crippen LogP contribution in [0.4, 0.5) is 4.39 Å². The van der Waals surface area contributed by atoms with Gasteiger partial charge >= 0.3 is 0 Å². The smallest absolute Gasteiger partial charge is 0.123 e. The molecule has 0 spiro atoms. The van der Waals surface area contributed by atoms with Crippen LogP contribution in [-0.4, -0.2) is 49.5 Å². The number of benzene rings is 1. The van der Waals surface area contributed by atoms with Gasteiger partial charge in [-0.1, -0.05) is 97.1 Å². The van der Waals surface area contributed by atoms with Crippen LogP contribution in [0.1, 0.15) is 129 Å². The van der Waals surface area contributed by atoms with Crippen molar-refractivity contribution in [3.8, 4) is 0 Å². The molecule has 4 heteroatoms. The van der Waals surface area contributed by atoms with Crippen molar-refractivity contribution in [3.63, 3.8) is 0 Å². The first-order valence-corrected chi connectivity index (χ1v) is 18.0. The molecular formula is C39H62FNO2. The highest BCUT2D eigenvalue weighted by molar-refractivity contribution is 5.59. The van der Waals surface area contributed by atoms with Crippen molar-refractivity contribution >= 4 is 6.08 Å². The van der Waals surface area contributed by atoms with Gasteiger partial charge in [-0.05, 0) is 97.9 Å². The molecule has 242 valence electrons. The molecule has 3 aliphatic rings. The molecular weight excluding hydrogens is 533 g/mol. The van der Waals surface area contributed by atoms with Crippen LogP contribution in [0.5, 0.6) is 0 Å². The molecule has 1 heterocycles. The summed E-state index contributed by atoms with van der Waals surface area (Å²) in [6.45, 7) is 16.3. The lowest BCUT2D eigenvalue weighted by atomic mass is 9.61. The zero-order valence-corrected chi connectivity index (χ0v) is 28.5. The predicted octanol–water partition coefficient (Wildman–Crippen LogP) is 10.2. The number of fused-ring (bicyclic) bond motifs is 5. The SMILES string of the molecule is CCCC(CC(OC(CC)CCN1CCC2C(=CCC3c4ccc(F)cc4C=CC23)C1C(C)CCC)C(CC)CC)OC. The third-order valence-corrected chi connectivity index (χ3v) is 11.2. The highest BCUT2D eigenvalue weighted by Crippen LogP contribution is 2.51. The normalized spacial score (nSPS) is 26.3. The molecule has 1 saturated heterocycles. The average molecular weight is 596 g/mol. The molecule has 0 bridgehead atoms. The van der Waals surface area contributed by atoms with E-state index < -0.39 is 0 Å². The molecule has 4 rings (SSSR count). The van der Waals surface area contributed by atoms with Crippen LogP contribution < -0.4 is 0 Å². The van der Waals surface area contributed by atoms with Crippen LogP contribution in [0.3, 0.4) is 0 Å². The van der Waals surface area contributed by atoms with Crippen LogP contribution >= 0.6 is 0 Å². The molecule has 0 amide bonds. The van der Waals surface area contributed by atoms with E-state index in [4.69, 9.17) is 9.47 Å². The van der Waals surface area contributed by atoms with Crippen molar-refractivity contribution in [2.24, 2.45) is 23.7 Å². The first-order valence-electron chi connectivity index (χ1n) is 18.0. The summed E-state index contributed by atoms with van der Waals surface area (Å²) in [5, 5.41) is 0. The van der Waals surface area contributed by atoms with Gasteiger partial charge < -0.3 is 9.47 Å². The largest absolute Gasteiger partial charge is 0.381 e.